The maximum Gasteiger partial charge on any atom is 0.226 e. The lowest BCUT2D eigenvalue weighted by molar-refractivity contribution is -0.206. The Hall–Kier alpha value is -2.83. The number of aliphatic hydroxyl groups is 1. The van der Waals surface area contributed by atoms with Crippen LogP contribution in [0.3, 0.4) is 0 Å². The van der Waals surface area contributed by atoms with E-state index in [9.17, 15) is 15.0 Å². The molecule has 0 unspecified atom stereocenters. The zero-order valence-corrected chi connectivity index (χ0v) is 22.4. The molecule has 0 aromatic heterocycles. The van der Waals surface area contributed by atoms with Gasteiger partial charge in [0.2, 0.25) is 5.91 Å². The van der Waals surface area contributed by atoms with Crippen molar-refractivity contribution in [2.75, 3.05) is 19.6 Å². The van der Waals surface area contributed by atoms with Crippen molar-refractivity contribution >= 4 is 5.91 Å². The molecule has 1 saturated heterocycles. The molecule has 9 rings (SSSR count). The Morgan fingerprint density at radius 1 is 1.10 bits per heavy atom. The molecule has 7 aliphatic rings. The molecule has 2 aromatic rings. The summed E-state index contributed by atoms with van der Waals surface area (Å²) < 4.78 is 6.59. The first-order chi connectivity index (χ1) is 19.0. The second kappa shape index (κ2) is 8.34. The van der Waals surface area contributed by atoms with Gasteiger partial charge in [0.05, 0.1) is 11.3 Å². The molecule has 2 heterocycles. The molecule has 2 saturated carbocycles. The van der Waals surface area contributed by atoms with Crippen LogP contribution in [-0.4, -0.2) is 58.4 Å². The Morgan fingerprint density at radius 2 is 1.95 bits per heavy atom. The number of hydrogen-bond donors (Lipinski definition) is 3. The van der Waals surface area contributed by atoms with Gasteiger partial charge in [-0.05, 0) is 81.0 Å². The molecule has 3 N–H and O–H groups in total. The molecular weight excluding hydrogens is 488 g/mol. The van der Waals surface area contributed by atoms with Crippen LogP contribution in [0.2, 0.25) is 0 Å². The van der Waals surface area contributed by atoms with E-state index in [0.717, 1.165) is 56.7 Å². The minimum atomic E-state index is -1.40. The van der Waals surface area contributed by atoms with Crippen molar-refractivity contribution in [3.05, 3.63) is 71.3 Å². The van der Waals surface area contributed by atoms with E-state index in [4.69, 9.17) is 4.74 Å². The average Bonchev–Trinajstić information content (AvgIpc) is 3.68. The van der Waals surface area contributed by atoms with Crippen LogP contribution in [-0.2, 0) is 23.1 Å². The summed E-state index contributed by atoms with van der Waals surface area (Å²) in [5.41, 5.74) is 1.56. The van der Waals surface area contributed by atoms with Gasteiger partial charge in [-0.15, -0.1) is 0 Å². The third kappa shape index (κ3) is 3.19. The van der Waals surface area contributed by atoms with E-state index >= 15 is 0 Å². The van der Waals surface area contributed by atoms with E-state index in [0.29, 0.717) is 18.7 Å². The first kappa shape index (κ1) is 24.0. The quantitative estimate of drug-likeness (QED) is 0.359. The Balaban J connectivity index is 1.09. The topological polar surface area (TPSA) is 82.0 Å². The molecule has 204 valence electrons. The number of nitrogens with one attached hydrogen (secondary N) is 1. The van der Waals surface area contributed by atoms with Crippen molar-refractivity contribution in [3.63, 3.8) is 0 Å². The van der Waals surface area contributed by atoms with Gasteiger partial charge in [0.1, 0.15) is 11.7 Å². The van der Waals surface area contributed by atoms with Crippen LogP contribution < -0.4 is 10.1 Å². The number of piperidine rings is 1. The van der Waals surface area contributed by atoms with E-state index in [1.165, 1.54) is 24.0 Å². The molecule has 6 nitrogen and oxygen atoms in total. The molecule has 39 heavy (non-hydrogen) atoms. The molecule has 4 bridgehead atoms. The number of carbonyl (C=O) groups is 1. The molecule has 2 aromatic carbocycles. The van der Waals surface area contributed by atoms with Gasteiger partial charge in [0.15, 0.2) is 11.5 Å². The number of fused-ring (bicyclic) bond motifs is 1. The van der Waals surface area contributed by atoms with Crippen molar-refractivity contribution in [2.45, 2.75) is 74.5 Å². The SMILES string of the molecule is O=C(NCCCCc1ccccc1)[C@H]1C[C@@]23C=C[C@@]1(O)[C@@H]1Oc4c(O)ccc5c4[C@@]12CCN(CC1CC1)[C@@H]3C5. The largest absolute Gasteiger partial charge is 0.504 e. The highest BCUT2D eigenvalue weighted by Gasteiger charge is 2.79. The predicted molar refractivity (Wildman–Crippen MR) is 148 cm³/mol. The standard InChI is InChI=1S/C33H38N2O4/c36-25-12-11-23-18-26-31-13-14-33(38,24(19-31)29(37)34-16-5-4-8-21-6-2-1-3-7-21)30-32(31,27(23)28(25)39-30)15-17-35(26)20-22-9-10-22/h1-3,6-7,11-14,22,24,26,30,36,38H,4-5,8-10,15-20H2,(H,34,37)/t24-,26-,30-,31-,32+,33+/m1/s1. The molecular formula is C33H38N2O4. The van der Waals surface area contributed by atoms with Gasteiger partial charge >= 0.3 is 0 Å². The molecule has 0 radical (unpaired) electrons. The number of nitrogens with zero attached hydrogens (tertiary/aromatic N) is 1. The summed E-state index contributed by atoms with van der Waals surface area (Å²) in [6.07, 6.45) is 11.5. The number of hydrogen-bond acceptors (Lipinski definition) is 5. The normalized spacial score (nSPS) is 36.9. The predicted octanol–water partition coefficient (Wildman–Crippen LogP) is 3.88. The number of phenolic OH excluding ortho intramolecular Hbond substituents is 1. The zero-order valence-electron chi connectivity index (χ0n) is 22.4. The first-order valence-electron chi connectivity index (χ1n) is 15.0. The van der Waals surface area contributed by atoms with Gasteiger partial charge in [0.25, 0.3) is 0 Å². The number of aryl methyl sites for hydroxylation is 1. The number of likely N-dealkylation sites (tertiary alicyclic amines) is 1. The number of amides is 1. The van der Waals surface area contributed by atoms with Crippen LogP contribution in [0.1, 0.15) is 55.2 Å². The number of unbranched alkanes of at least 4 members (excludes halogenated alkanes) is 1. The summed E-state index contributed by atoms with van der Waals surface area (Å²) in [6.45, 7) is 2.69. The van der Waals surface area contributed by atoms with Crippen molar-refractivity contribution in [1.29, 1.82) is 0 Å². The second-order valence-corrected chi connectivity index (χ2v) is 13.1. The fraction of sp³-hybridized carbons (Fsp3) is 0.545. The van der Waals surface area contributed by atoms with Gasteiger partial charge in [-0.1, -0.05) is 48.6 Å². The van der Waals surface area contributed by atoms with E-state index in [1.54, 1.807) is 6.07 Å². The third-order valence-corrected chi connectivity index (χ3v) is 11.1. The van der Waals surface area contributed by atoms with Gasteiger partial charge in [-0.25, -0.2) is 0 Å². The Labute approximate surface area is 230 Å². The summed E-state index contributed by atoms with van der Waals surface area (Å²) in [5, 5.41) is 26.4. The van der Waals surface area contributed by atoms with Crippen LogP contribution in [0.25, 0.3) is 0 Å². The van der Waals surface area contributed by atoms with Crippen molar-refractivity contribution in [3.8, 4) is 11.5 Å². The number of ether oxygens (including phenoxy) is 1. The van der Waals surface area contributed by atoms with Gasteiger partial charge in [-0.2, -0.15) is 0 Å². The smallest absolute Gasteiger partial charge is 0.226 e. The molecule has 6 atom stereocenters. The minimum Gasteiger partial charge on any atom is -0.504 e. The highest BCUT2D eigenvalue weighted by molar-refractivity contribution is 5.82. The number of phenols is 1. The lowest BCUT2D eigenvalue weighted by Crippen LogP contribution is -2.80. The summed E-state index contributed by atoms with van der Waals surface area (Å²) in [7, 11) is 0. The van der Waals surface area contributed by atoms with Crippen LogP contribution in [0.4, 0.5) is 0 Å². The molecule has 6 heteroatoms. The lowest BCUT2D eigenvalue weighted by Gasteiger charge is -2.70. The number of aromatic hydroxyl groups is 1. The maximum absolute atomic E-state index is 13.8. The Morgan fingerprint density at radius 3 is 2.77 bits per heavy atom. The fourth-order valence-electron chi connectivity index (χ4n) is 9.22. The summed E-state index contributed by atoms with van der Waals surface area (Å²) in [5.74, 6) is 0.827. The molecule has 2 aliphatic heterocycles. The average molecular weight is 527 g/mol. The highest BCUT2D eigenvalue weighted by Crippen LogP contribution is 2.74. The number of benzene rings is 2. The number of rotatable bonds is 8. The van der Waals surface area contributed by atoms with Crippen molar-refractivity contribution in [2.24, 2.45) is 17.3 Å². The van der Waals surface area contributed by atoms with Gasteiger partial charge in [-0.3, -0.25) is 9.69 Å². The summed E-state index contributed by atoms with van der Waals surface area (Å²) in [6, 6.07) is 14.5. The van der Waals surface area contributed by atoms with Gasteiger partial charge < -0.3 is 20.3 Å². The van der Waals surface area contributed by atoms with E-state index < -0.39 is 23.0 Å². The lowest BCUT2D eigenvalue weighted by atomic mass is 9.37. The van der Waals surface area contributed by atoms with E-state index in [2.05, 4.69) is 46.6 Å². The minimum absolute atomic E-state index is 0.0721. The monoisotopic (exact) mass is 526 g/mol. The zero-order chi connectivity index (χ0) is 26.4. The molecule has 1 amide bonds. The fourth-order valence-corrected chi connectivity index (χ4v) is 9.22. The van der Waals surface area contributed by atoms with Crippen LogP contribution in [0, 0.1) is 17.3 Å². The first-order valence-corrected chi connectivity index (χ1v) is 15.0. The number of carbonyl (C=O) groups excluding carboxylic acids is 1. The van der Waals surface area contributed by atoms with E-state index in [1.807, 2.05) is 12.1 Å². The summed E-state index contributed by atoms with van der Waals surface area (Å²) in [4.78, 5) is 16.5. The van der Waals surface area contributed by atoms with Crippen LogP contribution >= 0.6 is 0 Å². The molecule has 5 aliphatic carbocycles. The Bertz CT molecular complexity index is 1350. The molecule has 2 spiro atoms. The van der Waals surface area contributed by atoms with Crippen molar-refractivity contribution in [1.82, 2.24) is 10.2 Å². The molecule has 3 fully saturated rings. The third-order valence-electron chi connectivity index (χ3n) is 11.1. The second-order valence-electron chi connectivity index (χ2n) is 13.1. The van der Waals surface area contributed by atoms with Gasteiger partial charge in [0, 0.05) is 30.1 Å². The van der Waals surface area contributed by atoms with Crippen LogP contribution in [0.5, 0.6) is 11.5 Å². The highest BCUT2D eigenvalue weighted by atomic mass is 16.5. The maximum atomic E-state index is 13.8. The van der Waals surface area contributed by atoms with Crippen LogP contribution in [0.15, 0.2) is 54.6 Å². The van der Waals surface area contributed by atoms with E-state index in [-0.39, 0.29) is 23.1 Å². The Kier molecular flexibility index (Phi) is 5.13. The summed E-state index contributed by atoms with van der Waals surface area (Å²) >= 11 is 0. The van der Waals surface area contributed by atoms with Crippen molar-refractivity contribution < 1.29 is 19.7 Å².